The molecule has 41 heavy (non-hydrogen) atoms. The molecule has 0 spiro atoms. The molecule has 212 valence electrons. The Morgan fingerprint density at radius 3 is 2.85 bits per heavy atom. The summed E-state index contributed by atoms with van der Waals surface area (Å²) in [5, 5.41) is 0. The number of Topliss-reactive ketones (excluding diaryl/α,β-unsaturated/α-hetero) is 1. The van der Waals surface area contributed by atoms with Gasteiger partial charge in [0.2, 0.25) is 0 Å². The normalized spacial score (nSPS) is 21.3. The van der Waals surface area contributed by atoms with Crippen LogP contribution in [-0.2, 0) is 11.2 Å². The Morgan fingerprint density at radius 1 is 1.12 bits per heavy atom. The van der Waals surface area contributed by atoms with E-state index in [-0.39, 0.29) is 18.0 Å². The van der Waals surface area contributed by atoms with Gasteiger partial charge in [-0.2, -0.15) is 0 Å². The molecule has 0 amide bonds. The van der Waals surface area contributed by atoms with Crippen molar-refractivity contribution in [2.24, 2.45) is 10.9 Å². The van der Waals surface area contributed by atoms with Crippen LogP contribution in [-0.4, -0.2) is 28.7 Å². The Hall–Kier alpha value is -4.06. The first kappa shape index (κ1) is 28.5. The standard InChI is InChI=1S/C35H38FN3O2/c1-41-33-12-7-10-28(23-33)34-25-39(31-18-16-29(36)17-19-31)35(38-34)24-32(40)20-15-26-8-6-9-27(14-13-26)22-30-11-4-2-3-5-21-37-30/h3,5,7,10-12,16-19,21-23,25-26H,2,4,6,8-9,13-15,20,24H2,1H3/b5-3-,27-22+,30-11-,37-21-. The van der Waals surface area contributed by atoms with Crippen LogP contribution in [0.15, 0.2) is 95.3 Å². The lowest BCUT2D eigenvalue weighted by Gasteiger charge is -2.13. The summed E-state index contributed by atoms with van der Waals surface area (Å²) in [4.78, 5) is 22.7. The first-order valence-electron chi connectivity index (χ1n) is 14.7. The molecule has 0 bridgehead atoms. The molecule has 5 nitrogen and oxygen atoms in total. The van der Waals surface area contributed by atoms with E-state index < -0.39 is 0 Å². The van der Waals surface area contributed by atoms with E-state index in [1.807, 2.05) is 47.3 Å². The van der Waals surface area contributed by atoms with Gasteiger partial charge in [0.05, 0.1) is 24.9 Å². The maximum Gasteiger partial charge on any atom is 0.140 e. The Bertz CT molecular complexity index is 1460. The first-order valence-corrected chi connectivity index (χ1v) is 14.7. The fourth-order valence-corrected chi connectivity index (χ4v) is 5.60. The number of benzene rings is 2. The molecule has 2 heterocycles. The van der Waals surface area contributed by atoms with Crippen molar-refractivity contribution in [2.75, 3.05) is 7.11 Å². The number of allylic oxidation sites excluding steroid dienone is 5. The van der Waals surface area contributed by atoms with E-state index in [1.54, 1.807) is 19.2 Å². The summed E-state index contributed by atoms with van der Waals surface area (Å²) in [6.45, 7) is 0. The molecule has 1 aliphatic heterocycles. The van der Waals surface area contributed by atoms with Crippen molar-refractivity contribution in [3.8, 4) is 22.7 Å². The minimum absolute atomic E-state index is 0.179. The molecule has 0 saturated heterocycles. The molecule has 1 aromatic heterocycles. The van der Waals surface area contributed by atoms with Crippen molar-refractivity contribution in [2.45, 2.75) is 64.2 Å². The third kappa shape index (κ3) is 8.00. The summed E-state index contributed by atoms with van der Waals surface area (Å²) in [5.74, 6) is 1.83. The topological polar surface area (TPSA) is 56.5 Å². The Labute approximate surface area is 242 Å². The van der Waals surface area contributed by atoms with Crippen molar-refractivity contribution in [3.63, 3.8) is 0 Å². The summed E-state index contributed by atoms with van der Waals surface area (Å²) in [7, 11) is 1.63. The second-order valence-electron chi connectivity index (χ2n) is 10.9. The van der Waals surface area contributed by atoms with Crippen LogP contribution in [0.2, 0.25) is 0 Å². The van der Waals surface area contributed by atoms with Gasteiger partial charge >= 0.3 is 0 Å². The summed E-state index contributed by atoms with van der Waals surface area (Å²) in [6, 6.07) is 14.0. The van der Waals surface area contributed by atoms with E-state index in [0.717, 1.165) is 79.8 Å². The maximum absolute atomic E-state index is 13.6. The summed E-state index contributed by atoms with van der Waals surface area (Å²) in [5.41, 5.74) is 4.97. The number of carbonyl (C=O) groups is 1. The Kier molecular flexibility index (Phi) is 9.74. The van der Waals surface area contributed by atoms with E-state index in [4.69, 9.17) is 9.72 Å². The molecule has 1 aliphatic carbocycles. The van der Waals surface area contributed by atoms with Gasteiger partial charge < -0.3 is 9.30 Å². The third-order valence-corrected chi connectivity index (χ3v) is 7.90. The molecule has 5 rings (SSSR count). The fourth-order valence-electron chi connectivity index (χ4n) is 5.60. The number of ketones is 1. The van der Waals surface area contributed by atoms with Crippen LogP contribution in [0.1, 0.15) is 63.6 Å². The number of nitrogens with zero attached hydrogens (tertiary/aromatic N) is 3. The van der Waals surface area contributed by atoms with Crippen LogP contribution >= 0.6 is 0 Å². The lowest BCUT2D eigenvalue weighted by Crippen LogP contribution is -2.11. The molecular weight excluding hydrogens is 513 g/mol. The average molecular weight is 552 g/mol. The number of hydrogen-bond donors (Lipinski definition) is 0. The molecule has 1 unspecified atom stereocenters. The number of halogens is 1. The van der Waals surface area contributed by atoms with E-state index in [0.29, 0.717) is 18.2 Å². The van der Waals surface area contributed by atoms with Crippen molar-refractivity contribution in [1.29, 1.82) is 0 Å². The maximum atomic E-state index is 13.6. The molecule has 1 atom stereocenters. The highest BCUT2D eigenvalue weighted by Crippen LogP contribution is 2.31. The molecule has 6 heteroatoms. The summed E-state index contributed by atoms with van der Waals surface area (Å²) in [6.07, 6.45) is 21.8. The molecule has 1 fully saturated rings. The van der Waals surface area contributed by atoms with Crippen LogP contribution < -0.4 is 4.74 Å². The molecular formula is C35H38FN3O2. The van der Waals surface area contributed by atoms with Crippen LogP contribution in [0.3, 0.4) is 0 Å². The van der Waals surface area contributed by atoms with Crippen LogP contribution in [0.25, 0.3) is 16.9 Å². The SMILES string of the molecule is COc1cccc(-c2cn(-c3ccc(F)cc3)c(CC(=O)CCC3CCC\C(=C/C4=C/CC\C=C/C=N\4)CC3)n2)c1. The van der Waals surface area contributed by atoms with Crippen molar-refractivity contribution >= 4 is 12.0 Å². The van der Waals surface area contributed by atoms with Gasteiger partial charge in [-0.25, -0.2) is 9.37 Å². The van der Waals surface area contributed by atoms with Gasteiger partial charge in [-0.3, -0.25) is 9.79 Å². The Balaban J connectivity index is 1.23. The highest BCUT2D eigenvalue weighted by atomic mass is 19.1. The van der Waals surface area contributed by atoms with Crippen molar-refractivity contribution < 1.29 is 13.9 Å². The van der Waals surface area contributed by atoms with Gasteiger partial charge in [0.1, 0.15) is 23.2 Å². The molecule has 1 saturated carbocycles. The predicted octanol–water partition coefficient (Wildman–Crippen LogP) is 8.39. The number of aromatic nitrogens is 2. The molecule has 2 aliphatic rings. The van der Waals surface area contributed by atoms with E-state index >= 15 is 0 Å². The van der Waals surface area contributed by atoms with E-state index in [1.165, 1.54) is 17.7 Å². The van der Waals surface area contributed by atoms with Gasteiger partial charge in [-0.1, -0.05) is 36.3 Å². The lowest BCUT2D eigenvalue weighted by atomic mass is 9.93. The quantitative estimate of drug-likeness (QED) is 0.251. The molecule has 2 aromatic carbocycles. The second-order valence-corrected chi connectivity index (χ2v) is 10.9. The zero-order valence-corrected chi connectivity index (χ0v) is 23.8. The number of carbonyl (C=O) groups excluding carboxylic acids is 1. The van der Waals surface area contributed by atoms with E-state index in [2.05, 4.69) is 23.2 Å². The highest BCUT2D eigenvalue weighted by Gasteiger charge is 2.19. The van der Waals surface area contributed by atoms with Crippen molar-refractivity contribution in [3.05, 3.63) is 102 Å². The van der Waals surface area contributed by atoms with Gasteiger partial charge in [0.15, 0.2) is 0 Å². The summed E-state index contributed by atoms with van der Waals surface area (Å²) < 4.78 is 20.9. The van der Waals surface area contributed by atoms with Gasteiger partial charge in [-0.05, 0) is 99.4 Å². The number of hydrogen-bond acceptors (Lipinski definition) is 4. The van der Waals surface area contributed by atoms with E-state index in [9.17, 15) is 9.18 Å². The van der Waals surface area contributed by atoms with Gasteiger partial charge in [-0.15, -0.1) is 0 Å². The number of aliphatic imine (C=N–C) groups is 1. The van der Waals surface area contributed by atoms with Crippen LogP contribution in [0, 0.1) is 11.7 Å². The van der Waals surface area contributed by atoms with Crippen molar-refractivity contribution in [1.82, 2.24) is 9.55 Å². The lowest BCUT2D eigenvalue weighted by molar-refractivity contribution is -0.118. The smallest absolute Gasteiger partial charge is 0.140 e. The molecule has 0 N–H and O–H groups in total. The number of rotatable bonds is 9. The number of imidazole rings is 1. The van der Waals surface area contributed by atoms with Crippen LogP contribution in [0.4, 0.5) is 4.39 Å². The minimum Gasteiger partial charge on any atom is -0.497 e. The zero-order chi connectivity index (χ0) is 28.4. The Morgan fingerprint density at radius 2 is 2.00 bits per heavy atom. The largest absolute Gasteiger partial charge is 0.497 e. The predicted molar refractivity (Wildman–Crippen MR) is 163 cm³/mol. The third-order valence-electron chi connectivity index (χ3n) is 7.90. The number of methoxy groups -OCH3 is 1. The highest BCUT2D eigenvalue weighted by molar-refractivity contribution is 5.80. The zero-order valence-electron chi connectivity index (χ0n) is 23.8. The summed E-state index contributed by atoms with van der Waals surface area (Å²) >= 11 is 0. The molecule has 3 aromatic rings. The minimum atomic E-state index is -0.299. The molecule has 0 radical (unpaired) electrons. The average Bonchev–Trinajstić information content (AvgIpc) is 3.25. The second kappa shape index (κ2) is 14.0. The number of ether oxygens (including phenoxy) is 1. The monoisotopic (exact) mass is 551 g/mol. The fraction of sp³-hybridized carbons (Fsp3) is 0.343. The first-order chi connectivity index (χ1) is 20.1. The van der Waals surface area contributed by atoms with Gasteiger partial charge in [0, 0.05) is 30.1 Å². The van der Waals surface area contributed by atoms with Gasteiger partial charge in [0.25, 0.3) is 0 Å². The van der Waals surface area contributed by atoms with Crippen LogP contribution in [0.5, 0.6) is 5.75 Å².